The molecule has 1 N–H and O–H groups in total. The summed E-state index contributed by atoms with van der Waals surface area (Å²) in [5, 5.41) is 9.05. The number of hydrogen-bond donors (Lipinski definition) is 1. The van der Waals surface area contributed by atoms with E-state index in [1.165, 1.54) is 48.5 Å². The Morgan fingerprint density at radius 3 is 1.17 bits per heavy atom. The molecular formula is C41H28F10O3. The van der Waals surface area contributed by atoms with Crippen molar-refractivity contribution in [2.45, 2.75) is 32.0 Å². The van der Waals surface area contributed by atoms with Crippen LogP contribution in [-0.2, 0) is 18.6 Å². The second-order valence-electron chi connectivity index (χ2n) is 11.8. The molecule has 0 spiro atoms. The highest BCUT2D eigenvalue weighted by molar-refractivity contribution is 5.65. The summed E-state index contributed by atoms with van der Waals surface area (Å²) in [6.45, 7) is 1.97. The van der Waals surface area contributed by atoms with Gasteiger partial charge >= 0.3 is 12.2 Å². The summed E-state index contributed by atoms with van der Waals surface area (Å²) in [4.78, 5) is 0. The molecule has 54 heavy (non-hydrogen) atoms. The van der Waals surface area contributed by atoms with Crippen molar-refractivity contribution >= 4 is 0 Å². The summed E-state index contributed by atoms with van der Waals surface area (Å²) < 4.78 is 147. The van der Waals surface area contributed by atoms with Crippen molar-refractivity contribution in [1.29, 1.82) is 0 Å². The van der Waals surface area contributed by atoms with E-state index in [1.807, 2.05) is 6.92 Å². The zero-order chi connectivity index (χ0) is 39.2. The molecule has 0 aromatic heterocycles. The summed E-state index contributed by atoms with van der Waals surface area (Å²) >= 11 is 0. The van der Waals surface area contributed by atoms with Crippen molar-refractivity contribution in [1.82, 2.24) is 0 Å². The van der Waals surface area contributed by atoms with Crippen LogP contribution in [0, 0.1) is 34.9 Å². The molecule has 0 bridgehead atoms. The molecule has 6 aromatic rings. The first-order valence-corrected chi connectivity index (χ1v) is 16.1. The van der Waals surface area contributed by atoms with Crippen molar-refractivity contribution in [3.05, 3.63) is 173 Å². The second-order valence-corrected chi connectivity index (χ2v) is 11.8. The van der Waals surface area contributed by atoms with Crippen LogP contribution in [0.25, 0.3) is 22.3 Å². The standard InChI is InChI=1S/C29H21F7O2.C12H7F3O/c1-2-3-18-4-8-21(9-5-18)28(33,34)38-24-14-10-22(11-15-24)29(35,36)37-23-12-6-19(7-13-23)20-16-25(30)27(32)26(31)17-20;13-10-5-8(6-11(14)12(10)15)7-1-3-9(16)4-2-7/h4-17H,2-3H2,1H3;1-6,16H. The molecule has 0 aliphatic heterocycles. The van der Waals surface area contributed by atoms with Gasteiger partial charge in [0.05, 0.1) is 11.1 Å². The molecule has 0 radical (unpaired) electrons. The molecule has 0 unspecified atom stereocenters. The summed E-state index contributed by atoms with van der Waals surface area (Å²) in [5.74, 6) is -8.89. The normalized spacial score (nSPS) is 11.5. The summed E-state index contributed by atoms with van der Waals surface area (Å²) in [7, 11) is 0. The minimum Gasteiger partial charge on any atom is -0.508 e. The molecule has 13 heteroatoms. The molecule has 0 aliphatic carbocycles. The average molecular weight is 759 g/mol. The molecule has 0 saturated heterocycles. The molecule has 0 heterocycles. The van der Waals surface area contributed by atoms with Crippen LogP contribution in [0.5, 0.6) is 17.2 Å². The van der Waals surface area contributed by atoms with Crippen molar-refractivity contribution in [2.75, 3.05) is 0 Å². The van der Waals surface area contributed by atoms with Gasteiger partial charge in [-0.2, -0.15) is 17.6 Å². The maximum absolute atomic E-state index is 14.7. The molecule has 280 valence electrons. The van der Waals surface area contributed by atoms with Gasteiger partial charge < -0.3 is 14.6 Å². The van der Waals surface area contributed by atoms with Crippen LogP contribution in [-0.4, -0.2) is 5.11 Å². The average Bonchev–Trinajstić information content (AvgIpc) is 3.13. The van der Waals surface area contributed by atoms with E-state index < -0.39 is 52.7 Å². The summed E-state index contributed by atoms with van der Waals surface area (Å²) in [5.41, 5.74) is 0.872. The van der Waals surface area contributed by atoms with Crippen LogP contribution in [0.2, 0.25) is 0 Å². The van der Waals surface area contributed by atoms with Crippen LogP contribution in [0.4, 0.5) is 43.9 Å². The number of halogens is 10. The highest BCUT2D eigenvalue weighted by atomic mass is 19.3. The van der Waals surface area contributed by atoms with Crippen molar-refractivity contribution < 1.29 is 58.5 Å². The lowest BCUT2D eigenvalue weighted by atomic mass is 10.1. The zero-order valence-corrected chi connectivity index (χ0v) is 28.0. The maximum atomic E-state index is 14.7. The molecule has 6 rings (SSSR count). The number of phenols is 1. The summed E-state index contributed by atoms with van der Waals surface area (Å²) in [6.07, 6.45) is -5.89. The Labute approximate surface area is 302 Å². The molecule has 6 aromatic carbocycles. The minimum atomic E-state index is -3.84. The minimum absolute atomic E-state index is 0.00371. The third-order valence-corrected chi connectivity index (χ3v) is 7.87. The smallest absolute Gasteiger partial charge is 0.426 e. The molecular weight excluding hydrogens is 730 g/mol. The fourth-order valence-electron chi connectivity index (χ4n) is 5.10. The number of alkyl halides is 4. The maximum Gasteiger partial charge on any atom is 0.426 e. The number of ether oxygens (including phenoxy) is 2. The molecule has 3 nitrogen and oxygen atoms in total. The largest absolute Gasteiger partial charge is 0.508 e. The highest BCUT2D eigenvalue weighted by Crippen LogP contribution is 2.36. The number of aryl methyl sites for hydroxylation is 1. The Kier molecular flexibility index (Phi) is 11.9. The lowest BCUT2D eigenvalue weighted by molar-refractivity contribution is -0.187. The van der Waals surface area contributed by atoms with Gasteiger partial charge in [0, 0.05) is 0 Å². The Morgan fingerprint density at radius 1 is 0.463 bits per heavy atom. The van der Waals surface area contributed by atoms with Gasteiger partial charge in [-0.3, -0.25) is 0 Å². The van der Waals surface area contributed by atoms with E-state index in [-0.39, 0.29) is 39.5 Å². The van der Waals surface area contributed by atoms with Gasteiger partial charge in [0.25, 0.3) is 0 Å². The topological polar surface area (TPSA) is 38.7 Å². The SMILES string of the molecule is CCCc1ccc(C(F)(F)Oc2ccc(C(F)(F)Oc3ccc(-c4cc(F)c(F)c(F)c4)cc3)cc2)cc1.Oc1ccc(-c2cc(F)c(F)c(F)c2)cc1. The van der Waals surface area contributed by atoms with E-state index in [9.17, 15) is 43.9 Å². The number of phenolic OH excluding ortho intramolecular Hbond substituents is 1. The predicted octanol–water partition coefficient (Wildman–Crippen LogP) is 12.5. The second kappa shape index (κ2) is 16.4. The first-order chi connectivity index (χ1) is 25.6. The highest BCUT2D eigenvalue weighted by Gasteiger charge is 2.37. The van der Waals surface area contributed by atoms with Crippen LogP contribution in [0.3, 0.4) is 0 Å². The number of hydrogen-bond acceptors (Lipinski definition) is 3. The van der Waals surface area contributed by atoms with E-state index in [1.54, 1.807) is 12.1 Å². The van der Waals surface area contributed by atoms with Gasteiger partial charge in [-0.1, -0.05) is 49.7 Å². The van der Waals surface area contributed by atoms with E-state index >= 15 is 0 Å². The van der Waals surface area contributed by atoms with Crippen molar-refractivity contribution in [2.24, 2.45) is 0 Å². The van der Waals surface area contributed by atoms with E-state index in [0.717, 1.165) is 79.1 Å². The van der Waals surface area contributed by atoms with E-state index in [0.29, 0.717) is 5.56 Å². The first kappa shape index (κ1) is 39.2. The fraction of sp³-hybridized carbons (Fsp3) is 0.122. The molecule has 0 atom stereocenters. The van der Waals surface area contributed by atoms with Crippen LogP contribution in [0.15, 0.2) is 121 Å². The van der Waals surface area contributed by atoms with Gasteiger partial charge in [-0.15, -0.1) is 0 Å². The van der Waals surface area contributed by atoms with Crippen LogP contribution >= 0.6 is 0 Å². The Morgan fingerprint density at radius 2 is 0.796 bits per heavy atom. The Bertz CT molecular complexity index is 2140. The molecule has 0 aliphatic rings. The van der Waals surface area contributed by atoms with Crippen molar-refractivity contribution in [3.63, 3.8) is 0 Å². The quantitative estimate of drug-likeness (QED) is 0.112. The van der Waals surface area contributed by atoms with Gasteiger partial charge in [-0.25, -0.2) is 26.3 Å². The predicted molar refractivity (Wildman–Crippen MR) is 181 cm³/mol. The van der Waals surface area contributed by atoms with Crippen molar-refractivity contribution in [3.8, 4) is 39.5 Å². The van der Waals surface area contributed by atoms with Crippen LogP contribution < -0.4 is 9.47 Å². The Hall–Kier alpha value is -5.98. The van der Waals surface area contributed by atoms with Gasteiger partial charge in [0.1, 0.15) is 17.2 Å². The molecule has 0 saturated carbocycles. The zero-order valence-electron chi connectivity index (χ0n) is 28.0. The van der Waals surface area contributed by atoms with E-state index in [2.05, 4.69) is 0 Å². The first-order valence-electron chi connectivity index (χ1n) is 16.1. The Balaban J connectivity index is 0.000000291. The number of rotatable bonds is 10. The fourth-order valence-corrected chi connectivity index (χ4v) is 5.10. The molecule has 0 amide bonds. The van der Waals surface area contributed by atoms with Crippen LogP contribution in [0.1, 0.15) is 30.0 Å². The van der Waals surface area contributed by atoms with Gasteiger partial charge in [-0.05, 0) is 119 Å². The summed E-state index contributed by atoms with van der Waals surface area (Å²) in [6, 6.07) is 23.4. The van der Waals surface area contributed by atoms with E-state index in [4.69, 9.17) is 14.6 Å². The third-order valence-electron chi connectivity index (χ3n) is 7.87. The number of benzene rings is 6. The third kappa shape index (κ3) is 9.51. The molecule has 0 fully saturated rings. The van der Waals surface area contributed by atoms with Gasteiger partial charge in [0.2, 0.25) is 0 Å². The van der Waals surface area contributed by atoms with Gasteiger partial charge in [0.15, 0.2) is 34.9 Å². The lowest BCUT2D eigenvalue weighted by Crippen LogP contribution is -2.23. The number of aromatic hydroxyl groups is 1. The monoisotopic (exact) mass is 758 g/mol. The lowest BCUT2D eigenvalue weighted by Gasteiger charge is -2.21.